The molecule has 5 N–H and O–H groups in total. The monoisotopic (exact) mass is 1210 g/mol. The molecule has 1 aromatic heterocycles. The maximum absolute atomic E-state index is 14.7. The fourth-order valence-corrected chi connectivity index (χ4v) is 14.8. The number of allylic oxidation sites excluding steroid dienone is 6. The number of methoxy groups -OCH3 is 3. The third kappa shape index (κ3) is 18.7. The van der Waals surface area contributed by atoms with Crippen LogP contribution in [0.25, 0.3) is 0 Å². The van der Waals surface area contributed by atoms with Crippen molar-refractivity contribution in [2.24, 2.45) is 35.5 Å². The van der Waals surface area contributed by atoms with Crippen molar-refractivity contribution in [1.82, 2.24) is 9.88 Å². The molecule has 3 aliphatic heterocycles. The van der Waals surface area contributed by atoms with E-state index in [0.29, 0.717) is 63.4 Å². The molecule has 83 heavy (non-hydrogen) atoms. The summed E-state index contributed by atoms with van der Waals surface area (Å²) in [4.78, 5) is 120. The molecule has 464 valence electrons. The van der Waals surface area contributed by atoms with Gasteiger partial charge in [0, 0.05) is 65.5 Å². The lowest BCUT2D eigenvalue weighted by molar-refractivity contribution is -0.265. The van der Waals surface area contributed by atoms with Crippen molar-refractivity contribution >= 4 is 61.4 Å². The number of nitrogens with zero attached hydrogens (tertiary/aromatic N) is 3. The van der Waals surface area contributed by atoms with E-state index in [2.05, 4.69) is 4.98 Å². The fourth-order valence-electron chi connectivity index (χ4n) is 11.7. The quantitative estimate of drug-likeness (QED) is 0.0652. The zero-order valence-corrected chi connectivity index (χ0v) is 51.7. The van der Waals surface area contributed by atoms with Crippen LogP contribution in [-0.2, 0) is 61.5 Å². The number of carbonyl (C=O) groups is 6. The Kier molecular flexibility index (Phi) is 25.6. The average Bonchev–Trinajstić information content (AvgIpc) is 3.39. The van der Waals surface area contributed by atoms with E-state index in [9.17, 15) is 62.8 Å². The molecule has 1 saturated carbocycles. The van der Waals surface area contributed by atoms with Crippen LogP contribution in [0.2, 0.25) is 0 Å². The summed E-state index contributed by atoms with van der Waals surface area (Å²) in [7, 11) is -3.59. The zero-order chi connectivity index (χ0) is 61.7. The minimum Gasteiger partial charge on any atom is -0.460 e. The van der Waals surface area contributed by atoms with E-state index in [-0.39, 0.29) is 54.9 Å². The second-order valence-corrected chi connectivity index (χ2v) is 27.7. The number of aliphatic hydroxyl groups is 2. The first-order valence-electron chi connectivity index (χ1n) is 28.7. The predicted octanol–water partition coefficient (Wildman–Crippen LogP) is 6.89. The number of amides is 2. The van der Waals surface area contributed by atoms with Crippen LogP contribution in [0.15, 0.2) is 65.9 Å². The highest BCUT2D eigenvalue weighted by atomic mass is 31.2. The number of esters is 1. The second kappa shape index (κ2) is 30.7. The molecule has 0 radical (unpaired) electrons. The van der Waals surface area contributed by atoms with Crippen molar-refractivity contribution in [2.75, 3.05) is 45.7 Å². The highest BCUT2D eigenvalue weighted by Crippen LogP contribution is 2.53. The van der Waals surface area contributed by atoms with Gasteiger partial charge in [-0.2, -0.15) is 0 Å². The van der Waals surface area contributed by atoms with E-state index in [4.69, 9.17) is 28.4 Å². The molecule has 0 spiro atoms. The number of piperidine rings is 1. The number of aliphatic hydroxyl groups excluding tert-OH is 1. The maximum Gasteiger partial charge on any atom is 0.414 e. The van der Waals surface area contributed by atoms with Crippen molar-refractivity contribution in [3.63, 3.8) is 0 Å². The Hall–Kier alpha value is -4.57. The van der Waals surface area contributed by atoms with Gasteiger partial charge >= 0.3 is 19.7 Å². The van der Waals surface area contributed by atoms with Crippen LogP contribution in [0.5, 0.6) is 0 Å². The van der Waals surface area contributed by atoms with Crippen LogP contribution in [0, 0.1) is 35.5 Å². The van der Waals surface area contributed by atoms with Gasteiger partial charge in [-0.05, 0) is 119 Å². The van der Waals surface area contributed by atoms with E-state index in [0.717, 1.165) is 27.6 Å². The van der Waals surface area contributed by atoms with E-state index in [1.54, 1.807) is 40.9 Å². The van der Waals surface area contributed by atoms with Crippen molar-refractivity contribution in [3.05, 3.63) is 65.9 Å². The highest BCUT2D eigenvalue weighted by molar-refractivity contribution is 7.77. The summed E-state index contributed by atoms with van der Waals surface area (Å²) >= 11 is 0. The van der Waals surface area contributed by atoms with Gasteiger partial charge in [0.1, 0.15) is 47.6 Å². The van der Waals surface area contributed by atoms with Gasteiger partial charge in [-0.15, -0.1) is 0 Å². The summed E-state index contributed by atoms with van der Waals surface area (Å²) in [5.74, 6) is -10.3. The summed E-state index contributed by atoms with van der Waals surface area (Å²) in [5.41, 5.74) is 0.888. The minimum absolute atomic E-state index is 0.0157. The lowest BCUT2D eigenvalue weighted by atomic mass is 9.78. The number of ketones is 3. The first-order valence-corrected chi connectivity index (χ1v) is 32.3. The van der Waals surface area contributed by atoms with Crippen molar-refractivity contribution in [2.45, 2.75) is 180 Å². The van der Waals surface area contributed by atoms with Gasteiger partial charge in [0.2, 0.25) is 5.79 Å². The molecule has 1 aromatic rings. The summed E-state index contributed by atoms with van der Waals surface area (Å²) in [6.07, 6.45) is 9.24. The van der Waals surface area contributed by atoms with Crippen LogP contribution < -0.4 is 10.3 Å². The molecular weight excluding hydrogens is 1120 g/mol. The molecule has 16 atom stereocenters. The molecule has 22 nitrogen and oxygen atoms in total. The molecule has 2 amide bonds. The predicted molar refractivity (Wildman–Crippen MR) is 308 cm³/mol. The number of hydrogen-bond acceptors (Lipinski definition) is 17. The van der Waals surface area contributed by atoms with Gasteiger partial charge in [-0.3, -0.25) is 33.2 Å². The third-order valence-electron chi connectivity index (χ3n) is 16.8. The smallest absolute Gasteiger partial charge is 0.414 e. The molecule has 24 heteroatoms. The summed E-state index contributed by atoms with van der Waals surface area (Å²) < 4.78 is 59.7. The van der Waals surface area contributed by atoms with Crippen molar-refractivity contribution in [1.29, 1.82) is 0 Å². The molecule has 5 rings (SSSR count). The average molecular weight is 1210 g/mol. The lowest BCUT2D eigenvalue weighted by Gasteiger charge is -2.42. The number of pyridine rings is 1. The molecule has 4 aliphatic rings. The number of anilines is 1. The number of hydrogen-bond donors (Lipinski definition) is 5. The summed E-state index contributed by atoms with van der Waals surface area (Å²) in [5, 5.41) is 23.6. The van der Waals surface area contributed by atoms with E-state index < -0.39 is 128 Å². The standard InChI is InChI=1S/C59H89N3O19P2/c1-35-17-13-12-14-18-36(2)48(76-9)31-44-23-20-41(7)59(70,81-44)55(66)56(67)62-26-16-15-19-45(62)57(68)79-49(32-46(63)37(3)28-40(6)53(65)54(78-11)52(64)39(5)27-35)38(4)29-42-21-24-47(50(30-42)77-10)80-58(69)61(8)43-22-25-51(60-33-43)82(71,72)34-83(73,74)75/h12-14,17-18,22,25,28,33,35,37-39,41-42,44-45,47-50,53-54,65,70H,15-16,19-21,23-24,26-27,29-32,34H2,1-11H3,(H,71,72)(H2,73,74,75)/b14-12+,17-13+,36-18+,40-28+/t35-,37-,38-,39-,41-,42-,44+,45+,47-,48+,49+,50-,53-,54+,59-/m1/s1. The van der Waals surface area contributed by atoms with Crippen LogP contribution in [0.3, 0.4) is 0 Å². The zero-order valence-electron chi connectivity index (χ0n) is 49.9. The Morgan fingerprint density at radius 3 is 2.23 bits per heavy atom. The number of carbonyl (C=O) groups excluding carboxylic acids is 6. The number of cyclic esters (lactones) is 1. The Morgan fingerprint density at radius 2 is 1.59 bits per heavy atom. The Morgan fingerprint density at radius 1 is 0.880 bits per heavy atom. The molecule has 4 heterocycles. The summed E-state index contributed by atoms with van der Waals surface area (Å²) in [6.45, 7) is 12.4. The molecule has 0 aromatic carbocycles. The first kappa shape index (κ1) is 69.2. The normalized spacial score (nSPS) is 35.1. The van der Waals surface area contributed by atoms with Gasteiger partial charge in [-0.1, -0.05) is 71.1 Å². The van der Waals surface area contributed by atoms with Gasteiger partial charge in [0.25, 0.3) is 19.1 Å². The maximum atomic E-state index is 14.7. The van der Waals surface area contributed by atoms with Gasteiger partial charge < -0.3 is 58.2 Å². The molecule has 1 unspecified atom stereocenters. The van der Waals surface area contributed by atoms with Crippen molar-refractivity contribution in [3.8, 4) is 0 Å². The van der Waals surface area contributed by atoms with Crippen LogP contribution >= 0.6 is 15.0 Å². The Labute approximate surface area is 488 Å². The van der Waals surface area contributed by atoms with Crippen molar-refractivity contribution < 1.29 is 91.2 Å². The molecule has 2 bridgehead atoms. The minimum atomic E-state index is -4.85. The SMILES string of the molecule is CO[C@H]1C[C@@H]2CC[C@@H](C)[C@@](O)(O2)C(=O)C(=O)N2CCCC[C@H]2C(=O)O[C@H]([C@H](C)C[C@H]2CC[C@@H](OC(=O)N(C)c3ccc(P(=O)(O)CP(=O)(O)O)nc3)[C@H](OC)C2)CC(=O)[C@H](C)/C=C(\C)[C@@H](O)[C@@H](OC)C(=O)[C@H](C)C[C@H](C)/C=C/C=C/C=C/1C. The Balaban J connectivity index is 1.41. The molecule has 1 aliphatic carbocycles. The topological polar surface area (TPSA) is 312 Å². The number of Topliss-reactive ketones (excluding diaryl/α,β-unsaturated/α-hetero) is 3. The molecular formula is C59H89N3O19P2. The van der Waals surface area contributed by atoms with Crippen LogP contribution in [0.1, 0.15) is 126 Å². The molecule has 3 fully saturated rings. The molecule has 2 saturated heterocycles. The number of aromatic nitrogens is 1. The Bertz CT molecular complexity index is 2660. The van der Waals surface area contributed by atoms with E-state index in [1.165, 1.54) is 27.3 Å². The third-order valence-corrected chi connectivity index (χ3v) is 20.8. The largest absolute Gasteiger partial charge is 0.460 e. The number of ether oxygens (including phenoxy) is 6. The van der Waals surface area contributed by atoms with Gasteiger partial charge in [0.15, 0.2) is 5.78 Å². The van der Waals surface area contributed by atoms with E-state index in [1.807, 2.05) is 51.2 Å². The fraction of sp³-hybridized carbons (Fsp3) is 0.678. The van der Waals surface area contributed by atoms with Crippen LogP contribution in [-0.4, -0.2) is 165 Å². The van der Waals surface area contributed by atoms with Gasteiger partial charge in [0.05, 0.1) is 30.2 Å². The second-order valence-electron chi connectivity index (χ2n) is 23.4. The summed E-state index contributed by atoms with van der Waals surface area (Å²) in [6, 6.07) is 1.16. The number of fused-ring (bicyclic) bond motifs is 3. The first-order chi connectivity index (χ1) is 38.9. The number of rotatable bonds is 11. The highest BCUT2D eigenvalue weighted by Gasteiger charge is 2.53. The van der Waals surface area contributed by atoms with E-state index >= 15 is 0 Å². The lowest BCUT2D eigenvalue weighted by Crippen LogP contribution is -2.61. The van der Waals surface area contributed by atoms with Gasteiger partial charge in [-0.25, -0.2) is 14.6 Å². The van der Waals surface area contributed by atoms with Crippen LogP contribution in [0.4, 0.5) is 10.5 Å².